The van der Waals surface area contributed by atoms with Crippen molar-refractivity contribution in [1.29, 1.82) is 0 Å². The zero-order chi connectivity index (χ0) is 19.6. The van der Waals surface area contributed by atoms with Crippen LogP contribution in [0.1, 0.15) is 27.0 Å². The van der Waals surface area contributed by atoms with Crippen LogP contribution in [0.2, 0.25) is 5.02 Å². The summed E-state index contributed by atoms with van der Waals surface area (Å²) in [6.45, 7) is 6.07. The van der Waals surface area contributed by atoms with Crippen molar-refractivity contribution in [3.63, 3.8) is 0 Å². The fourth-order valence-electron chi connectivity index (χ4n) is 2.78. The van der Waals surface area contributed by atoms with Gasteiger partial charge in [0.15, 0.2) is 0 Å². The molecule has 0 unspecified atom stereocenters. The number of hydrogen-bond donors (Lipinski definition) is 2. The van der Waals surface area contributed by atoms with E-state index in [9.17, 15) is 9.18 Å². The third-order valence-electron chi connectivity index (χ3n) is 4.01. The van der Waals surface area contributed by atoms with Crippen molar-refractivity contribution in [3.05, 3.63) is 75.8 Å². The average Bonchev–Trinajstić information content (AvgIpc) is 2.61. The minimum Gasteiger partial charge on any atom is -0.324 e. The summed E-state index contributed by atoms with van der Waals surface area (Å²) in [4.78, 5) is 20.7. The van der Waals surface area contributed by atoms with Crippen molar-refractivity contribution in [2.75, 3.05) is 10.6 Å². The van der Waals surface area contributed by atoms with Crippen molar-refractivity contribution in [2.45, 2.75) is 20.8 Å². The second-order valence-corrected chi connectivity index (χ2v) is 6.68. The fourth-order valence-corrected chi connectivity index (χ4v) is 2.96. The van der Waals surface area contributed by atoms with Gasteiger partial charge in [-0.05, 0) is 50.1 Å². The summed E-state index contributed by atoms with van der Waals surface area (Å²) < 4.78 is 13.2. The molecule has 138 valence electrons. The highest BCUT2D eigenvalue weighted by molar-refractivity contribution is 6.31. The summed E-state index contributed by atoms with van der Waals surface area (Å²) in [6, 6.07) is 8.11. The largest absolute Gasteiger partial charge is 0.324 e. The molecular weight excluding hydrogens is 367 g/mol. The second-order valence-electron chi connectivity index (χ2n) is 6.28. The molecule has 0 spiro atoms. The van der Waals surface area contributed by atoms with Gasteiger partial charge < -0.3 is 10.6 Å². The third-order valence-corrected chi connectivity index (χ3v) is 4.29. The smallest absolute Gasteiger partial charge is 0.258 e. The SMILES string of the molecule is Cc1cc(C)c(Nc2ncc(C(=O)Nc3ccc(F)c(Cl)c3)cn2)c(C)c1. The van der Waals surface area contributed by atoms with Crippen LogP contribution in [0.15, 0.2) is 42.7 Å². The van der Waals surface area contributed by atoms with E-state index in [0.29, 0.717) is 11.6 Å². The summed E-state index contributed by atoms with van der Waals surface area (Å²) >= 11 is 5.72. The van der Waals surface area contributed by atoms with Crippen LogP contribution >= 0.6 is 11.6 Å². The lowest BCUT2D eigenvalue weighted by Gasteiger charge is -2.12. The van der Waals surface area contributed by atoms with Gasteiger partial charge in [0.1, 0.15) is 5.82 Å². The molecule has 3 aromatic rings. The summed E-state index contributed by atoms with van der Waals surface area (Å²) in [5.41, 5.74) is 4.97. The molecule has 7 heteroatoms. The Labute approximate surface area is 161 Å². The zero-order valence-corrected chi connectivity index (χ0v) is 15.9. The maximum Gasteiger partial charge on any atom is 0.258 e. The molecule has 5 nitrogen and oxygen atoms in total. The molecule has 0 radical (unpaired) electrons. The van der Waals surface area contributed by atoms with E-state index in [4.69, 9.17) is 11.6 Å². The summed E-state index contributed by atoms with van der Waals surface area (Å²) in [5, 5.41) is 5.75. The minimum atomic E-state index is -0.546. The van der Waals surface area contributed by atoms with Gasteiger partial charge >= 0.3 is 0 Å². The Kier molecular flexibility index (Phi) is 5.37. The molecule has 0 saturated heterocycles. The van der Waals surface area contributed by atoms with Gasteiger partial charge in [0.05, 0.1) is 10.6 Å². The number of nitrogens with zero attached hydrogens (tertiary/aromatic N) is 2. The number of hydrogen-bond acceptors (Lipinski definition) is 4. The predicted octanol–water partition coefficient (Wildman–Crippen LogP) is 5.19. The topological polar surface area (TPSA) is 66.9 Å². The van der Waals surface area contributed by atoms with E-state index in [2.05, 4.69) is 32.7 Å². The first-order valence-electron chi connectivity index (χ1n) is 8.27. The minimum absolute atomic E-state index is 0.0626. The highest BCUT2D eigenvalue weighted by Gasteiger charge is 2.11. The first-order chi connectivity index (χ1) is 12.8. The van der Waals surface area contributed by atoms with Gasteiger partial charge in [0.25, 0.3) is 5.91 Å². The summed E-state index contributed by atoms with van der Waals surface area (Å²) in [6.07, 6.45) is 2.85. The number of carbonyl (C=O) groups is 1. The number of aromatic nitrogens is 2. The van der Waals surface area contributed by atoms with Gasteiger partial charge in [-0.25, -0.2) is 14.4 Å². The van der Waals surface area contributed by atoms with E-state index in [0.717, 1.165) is 16.8 Å². The number of anilines is 3. The lowest BCUT2D eigenvalue weighted by Crippen LogP contribution is -2.13. The molecule has 0 aliphatic rings. The van der Waals surface area contributed by atoms with Crippen molar-refractivity contribution in [1.82, 2.24) is 9.97 Å². The molecule has 1 amide bonds. The van der Waals surface area contributed by atoms with Crippen molar-refractivity contribution >= 4 is 34.8 Å². The lowest BCUT2D eigenvalue weighted by molar-refractivity contribution is 0.102. The van der Waals surface area contributed by atoms with Crippen LogP contribution in [0.5, 0.6) is 0 Å². The molecule has 1 heterocycles. The Morgan fingerprint density at radius 1 is 1.04 bits per heavy atom. The molecule has 0 aliphatic heterocycles. The molecule has 3 rings (SSSR count). The lowest BCUT2D eigenvalue weighted by atomic mass is 10.1. The number of carbonyl (C=O) groups excluding carboxylic acids is 1. The predicted molar refractivity (Wildman–Crippen MR) is 105 cm³/mol. The van der Waals surface area contributed by atoms with Crippen LogP contribution in [-0.2, 0) is 0 Å². The first kappa shape index (κ1) is 18.8. The molecule has 1 aromatic heterocycles. The highest BCUT2D eigenvalue weighted by atomic mass is 35.5. The molecule has 0 fully saturated rings. The van der Waals surface area contributed by atoms with Crippen LogP contribution < -0.4 is 10.6 Å². The van der Waals surface area contributed by atoms with Crippen LogP contribution in [0.4, 0.5) is 21.7 Å². The average molecular weight is 385 g/mol. The molecule has 0 atom stereocenters. The molecule has 0 saturated carbocycles. The number of amides is 1. The Bertz CT molecular complexity index is 982. The molecule has 27 heavy (non-hydrogen) atoms. The molecule has 0 bridgehead atoms. The Hall–Kier alpha value is -2.99. The van der Waals surface area contributed by atoms with Gasteiger partial charge in [-0.1, -0.05) is 29.3 Å². The Morgan fingerprint density at radius 3 is 2.26 bits per heavy atom. The van der Waals surface area contributed by atoms with Gasteiger partial charge in [0, 0.05) is 23.8 Å². The van der Waals surface area contributed by atoms with Crippen LogP contribution in [0.25, 0.3) is 0 Å². The van der Waals surface area contributed by atoms with E-state index < -0.39 is 11.7 Å². The van der Waals surface area contributed by atoms with Crippen LogP contribution in [0.3, 0.4) is 0 Å². The fraction of sp³-hybridized carbons (Fsp3) is 0.150. The normalized spacial score (nSPS) is 10.6. The van der Waals surface area contributed by atoms with Gasteiger partial charge in [0.2, 0.25) is 5.95 Å². The molecule has 2 N–H and O–H groups in total. The zero-order valence-electron chi connectivity index (χ0n) is 15.1. The number of rotatable bonds is 4. The maximum atomic E-state index is 13.2. The number of nitrogens with one attached hydrogen (secondary N) is 2. The standard InChI is InChI=1S/C20H18ClFN4O/c1-11-6-12(2)18(13(3)7-11)26-20-23-9-14(10-24-20)19(27)25-15-4-5-17(22)16(21)8-15/h4-10H,1-3H3,(H,25,27)(H,23,24,26). The van der Waals surface area contributed by atoms with Gasteiger partial charge in [-0.3, -0.25) is 4.79 Å². The molecular formula is C20H18ClFN4O. The van der Waals surface area contributed by atoms with Crippen LogP contribution in [-0.4, -0.2) is 15.9 Å². The molecule has 0 aliphatic carbocycles. The van der Waals surface area contributed by atoms with Crippen molar-refractivity contribution in [2.24, 2.45) is 0 Å². The summed E-state index contributed by atoms with van der Waals surface area (Å²) in [5.74, 6) is -0.562. The second kappa shape index (κ2) is 7.72. The van der Waals surface area contributed by atoms with E-state index in [1.165, 1.54) is 36.2 Å². The number of halogens is 2. The Balaban J connectivity index is 1.73. The maximum absolute atomic E-state index is 13.2. The third kappa shape index (κ3) is 4.41. The number of benzene rings is 2. The van der Waals surface area contributed by atoms with Gasteiger partial charge in [-0.15, -0.1) is 0 Å². The monoisotopic (exact) mass is 384 g/mol. The van der Waals surface area contributed by atoms with E-state index in [1.807, 2.05) is 20.8 Å². The van der Waals surface area contributed by atoms with Crippen LogP contribution in [0, 0.1) is 26.6 Å². The Morgan fingerprint density at radius 2 is 1.67 bits per heavy atom. The highest BCUT2D eigenvalue weighted by Crippen LogP contribution is 2.24. The molecule has 2 aromatic carbocycles. The van der Waals surface area contributed by atoms with E-state index in [1.54, 1.807) is 0 Å². The number of aryl methyl sites for hydroxylation is 3. The van der Waals surface area contributed by atoms with Gasteiger partial charge in [-0.2, -0.15) is 0 Å². The summed E-state index contributed by atoms with van der Waals surface area (Å²) in [7, 11) is 0. The van der Waals surface area contributed by atoms with E-state index in [-0.39, 0.29) is 10.6 Å². The van der Waals surface area contributed by atoms with Crippen molar-refractivity contribution < 1.29 is 9.18 Å². The van der Waals surface area contributed by atoms with Crippen molar-refractivity contribution in [3.8, 4) is 0 Å². The quantitative estimate of drug-likeness (QED) is 0.649. The van der Waals surface area contributed by atoms with E-state index >= 15 is 0 Å². The first-order valence-corrected chi connectivity index (χ1v) is 8.64.